The van der Waals surface area contributed by atoms with Gasteiger partial charge in [-0.1, -0.05) is 42.5 Å². The zero-order chi connectivity index (χ0) is 23.8. The summed E-state index contributed by atoms with van der Waals surface area (Å²) >= 11 is 0. The van der Waals surface area contributed by atoms with E-state index < -0.39 is 11.9 Å². The molecule has 0 saturated heterocycles. The standard InChI is InChI=1S/C26H22N4O4/c1-33-26(32)21-9-7-18(8-10-21)16-27-30-25(31)24-15-23(28-29-24)20-11-13-22(14-12-20)34-17-19-5-3-2-4-6-19/h2-16H,17H2,1H3,(H,28,29)(H,30,31)/b27-16+. The summed E-state index contributed by atoms with van der Waals surface area (Å²) in [4.78, 5) is 23.8. The first kappa shape index (κ1) is 22.5. The molecule has 0 radical (unpaired) electrons. The van der Waals surface area contributed by atoms with E-state index >= 15 is 0 Å². The van der Waals surface area contributed by atoms with E-state index in [1.165, 1.54) is 13.3 Å². The van der Waals surface area contributed by atoms with Crippen molar-refractivity contribution in [1.29, 1.82) is 0 Å². The number of ether oxygens (including phenoxy) is 2. The minimum absolute atomic E-state index is 0.276. The molecule has 0 fully saturated rings. The summed E-state index contributed by atoms with van der Waals surface area (Å²) in [7, 11) is 1.32. The van der Waals surface area contributed by atoms with Crippen molar-refractivity contribution >= 4 is 18.1 Å². The molecular formula is C26H22N4O4. The molecule has 1 amide bonds. The van der Waals surface area contributed by atoms with E-state index in [0.717, 1.165) is 16.9 Å². The number of carbonyl (C=O) groups excluding carboxylic acids is 2. The molecule has 0 aliphatic rings. The van der Waals surface area contributed by atoms with Crippen LogP contribution in [0.5, 0.6) is 5.75 Å². The van der Waals surface area contributed by atoms with Gasteiger partial charge < -0.3 is 9.47 Å². The number of hydrogen-bond donors (Lipinski definition) is 2. The molecule has 0 saturated carbocycles. The third kappa shape index (κ3) is 5.74. The van der Waals surface area contributed by atoms with Crippen molar-refractivity contribution in [1.82, 2.24) is 15.6 Å². The lowest BCUT2D eigenvalue weighted by Crippen LogP contribution is -2.18. The van der Waals surface area contributed by atoms with Gasteiger partial charge in [0.1, 0.15) is 18.1 Å². The zero-order valence-electron chi connectivity index (χ0n) is 18.4. The quantitative estimate of drug-likeness (QED) is 0.236. The number of hydrogen-bond acceptors (Lipinski definition) is 6. The molecule has 170 valence electrons. The normalized spacial score (nSPS) is 10.7. The Kier molecular flexibility index (Phi) is 7.09. The Hall–Kier alpha value is -4.72. The summed E-state index contributed by atoms with van der Waals surface area (Å²) in [5, 5.41) is 10.9. The van der Waals surface area contributed by atoms with Crippen LogP contribution in [0.25, 0.3) is 11.3 Å². The summed E-state index contributed by atoms with van der Waals surface area (Å²) in [5.41, 5.74) is 6.44. The van der Waals surface area contributed by atoms with Gasteiger partial charge in [-0.05, 0) is 53.6 Å². The predicted molar refractivity (Wildman–Crippen MR) is 128 cm³/mol. The number of rotatable bonds is 8. The molecule has 1 aromatic heterocycles. The van der Waals surface area contributed by atoms with E-state index in [4.69, 9.17) is 4.74 Å². The Bertz CT molecular complexity index is 1280. The lowest BCUT2D eigenvalue weighted by atomic mass is 10.1. The Balaban J connectivity index is 1.32. The fraction of sp³-hybridized carbons (Fsp3) is 0.0769. The summed E-state index contributed by atoms with van der Waals surface area (Å²) in [5.74, 6) is -0.0970. The molecule has 0 aliphatic carbocycles. The van der Waals surface area contributed by atoms with Crippen molar-refractivity contribution in [2.24, 2.45) is 5.10 Å². The Morgan fingerprint density at radius 2 is 1.74 bits per heavy atom. The van der Waals surface area contributed by atoms with Crippen LogP contribution in [-0.4, -0.2) is 35.4 Å². The lowest BCUT2D eigenvalue weighted by Gasteiger charge is -2.06. The van der Waals surface area contributed by atoms with Crippen molar-refractivity contribution in [2.45, 2.75) is 6.61 Å². The monoisotopic (exact) mass is 454 g/mol. The maximum Gasteiger partial charge on any atom is 0.337 e. The number of benzene rings is 3. The van der Waals surface area contributed by atoms with Gasteiger partial charge in [-0.15, -0.1) is 0 Å². The summed E-state index contributed by atoms with van der Waals surface area (Å²) < 4.78 is 10.5. The topological polar surface area (TPSA) is 106 Å². The summed E-state index contributed by atoms with van der Waals surface area (Å²) in [6.45, 7) is 0.489. The first-order chi connectivity index (χ1) is 16.6. The first-order valence-electron chi connectivity index (χ1n) is 10.5. The number of aromatic amines is 1. The van der Waals surface area contributed by atoms with Gasteiger partial charge in [0.15, 0.2) is 0 Å². The second kappa shape index (κ2) is 10.7. The van der Waals surface area contributed by atoms with E-state index in [9.17, 15) is 9.59 Å². The number of H-pyrrole nitrogens is 1. The molecule has 0 bridgehead atoms. The van der Waals surface area contributed by atoms with Gasteiger partial charge >= 0.3 is 5.97 Å². The van der Waals surface area contributed by atoms with E-state index in [0.29, 0.717) is 23.4 Å². The van der Waals surface area contributed by atoms with Gasteiger partial charge in [-0.25, -0.2) is 10.2 Å². The van der Waals surface area contributed by atoms with Crippen LogP contribution >= 0.6 is 0 Å². The van der Waals surface area contributed by atoms with Crippen molar-refractivity contribution in [3.63, 3.8) is 0 Å². The number of hydrazone groups is 1. The number of methoxy groups -OCH3 is 1. The molecule has 34 heavy (non-hydrogen) atoms. The van der Waals surface area contributed by atoms with E-state index in [1.54, 1.807) is 30.3 Å². The highest BCUT2D eigenvalue weighted by atomic mass is 16.5. The average Bonchev–Trinajstić information content (AvgIpc) is 3.39. The van der Waals surface area contributed by atoms with Crippen LogP contribution in [0.3, 0.4) is 0 Å². The van der Waals surface area contributed by atoms with Gasteiger partial charge in [0.25, 0.3) is 5.91 Å². The molecule has 8 heteroatoms. The molecule has 4 rings (SSSR count). The fourth-order valence-electron chi connectivity index (χ4n) is 3.10. The Morgan fingerprint density at radius 1 is 1.00 bits per heavy atom. The fourth-order valence-corrected chi connectivity index (χ4v) is 3.10. The highest BCUT2D eigenvalue weighted by Gasteiger charge is 2.11. The highest BCUT2D eigenvalue weighted by Crippen LogP contribution is 2.22. The van der Waals surface area contributed by atoms with Gasteiger partial charge in [0, 0.05) is 5.56 Å². The number of esters is 1. The molecule has 1 heterocycles. The van der Waals surface area contributed by atoms with E-state index in [1.807, 2.05) is 54.6 Å². The second-order valence-corrected chi connectivity index (χ2v) is 7.28. The molecule has 8 nitrogen and oxygen atoms in total. The third-order valence-electron chi connectivity index (χ3n) is 4.93. The largest absolute Gasteiger partial charge is 0.489 e. The van der Waals surface area contributed by atoms with E-state index in [-0.39, 0.29) is 5.69 Å². The first-order valence-corrected chi connectivity index (χ1v) is 10.5. The molecule has 0 aliphatic heterocycles. The van der Waals surface area contributed by atoms with Crippen LogP contribution in [-0.2, 0) is 11.3 Å². The van der Waals surface area contributed by atoms with Gasteiger partial charge in [0.05, 0.1) is 24.6 Å². The molecule has 0 atom stereocenters. The van der Waals surface area contributed by atoms with Crippen LogP contribution < -0.4 is 10.2 Å². The third-order valence-corrected chi connectivity index (χ3v) is 4.93. The second-order valence-electron chi connectivity index (χ2n) is 7.28. The van der Waals surface area contributed by atoms with Crippen molar-refractivity contribution in [2.75, 3.05) is 7.11 Å². The lowest BCUT2D eigenvalue weighted by molar-refractivity contribution is 0.0600. The number of amides is 1. The zero-order valence-corrected chi connectivity index (χ0v) is 18.4. The highest BCUT2D eigenvalue weighted by molar-refractivity contribution is 5.94. The van der Waals surface area contributed by atoms with Crippen molar-refractivity contribution in [3.05, 3.63) is 107 Å². The molecule has 0 spiro atoms. The minimum atomic E-state index is -0.427. The Labute approximate surface area is 196 Å². The van der Waals surface area contributed by atoms with Crippen LogP contribution in [0.1, 0.15) is 32.0 Å². The Morgan fingerprint density at radius 3 is 2.44 bits per heavy atom. The number of aromatic nitrogens is 2. The van der Waals surface area contributed by atoms with Gasteiger partial charge in [-0.2, -0.15) is 10.2 Å². The predicted octanol–water partition coefficient (Wildman–Crippen LogP) is 4.21. The maximum absolute atomic E-state index is 12.4. The van der Waals surface area contributed by atoms with Crippen LogP contribution in [0, 0.1) is 0 Å². The molecule has 3 aromatic carbocycles. The maximum atomic E-state index is 12.4. The number of nitrogens with zero attached hydrogens (tertiary/aromatic N) is 2. The SMILES string of the molecule is COC(=O)c1ccc(/C=N/NC(=O)c2cc(-c3ccc(OCc4ccccc4)cc3)n[nH]2)cc1. The summed E-state index contributed by atoms with van der Waals surface area (Å²) in [6, 6.07) is 25.7. The van der Waals surface area contributed by atoms with E-state index in [2.05, 4.69) is 25.5 Å². The van der Waals surface area contributed by atoms with Gasteiger partial charge in [-0.3, -0.25) is 9.89 Å². The number of carbonyl (C=O) groups is 2. The van der Waals surface area contributed by atoms with Crippen molar-refractivity contribution < 1.29 is 19.1 Å². The minimum Gasteiger partial charge on any atom is -0.489 e. The molecule has 4 aromatic rings. The average molecular weight is 454 g/mol. The molecule has 0 unspecified atom stereocenters. The van der Waals surface area contributed by atoms with Crippen LogP contribution in [0.4, 0.5) is 0 Å². The summed E-state index contributed by atoms with van der Waals surface area (Å²) in [6.07, 6.45) is 1.48. The number of nitrogens with one attached hydrogen (secondary N) is 2. The van der Waals surface area contributed by atoms with Crippen LogP contribution in [0.15, 0.2) is 90.0 Å². The van der Waals surface area contributed by atoms with Crippen LogP contribution in [0.2, 0.25) is 0 Å². The van der Waals surface area contributed by atoms with Crippen molar-refractivity contribution in [3.8, 4) is 17.0 Å². The molecule has 2 N–H and O–H groups in total. The smallest absolute Gasteiger partial charge is 0.337 e. The molecular weight excluding hydrogens is 432 g/mol. The van der Waals surface area contributed by atoms with Gasteiger partial charge in [0.2, 0.25) is 0 Å².